The number of hydrogen-bond donors (Lipinski definition) is 1. The fraction of sp³-hybridized carbons (Fsp3) is 0.333. The topological polar surface area (TPSA) is 92.3 Å². The highest BCUT2D eigenvalue weighted by atomic mass is 16.5. The molecular weight excluding hydrogens is 378 g/mol. The van der Waals surface area contributed by atoms with Crippen molar-refractivity contribution in [2.24, 2.45) is 0 Å². The number of carbonyl (C=O) groups excluding carboxylic acids is 2. The van der Waals surface area contributed by atoms with E-state index in [1.807, 2.05) is 31.2 Å². The minimum absolute atomic E-state index is 0.174. The normalized spacial score (nSPS) is 11.2. The van der Waals surface area contributed by atoms with Crippen LogP contribution in [0.3, 0.4) is 0 Å². The van der Waals surface area contributed by atoms with Crippen LogP contribution in [0, 0.1) is 0 Å². The number of carbonyl (C=O) groups is 2. The molecule has 0 spiro atoms. The molecule has 0 aromatic heterocycles. The van der Waals surface area contributed by atoms with Crippen molar-refractivity contribution in [2.45, 2.75) is 13.0 Å². The van der Waals surface area contributed by atoms with Crippen molar-refractivity contribution in [3.05, 3.63) is 47.5 Å². The highest BCUT2D eigenvalue weighted by Gasteiger charge is 2.19. The second-order valence-corrected chi connectivity index (χ2v) is 6.06. The molecule has 0 saturated heterocycles. The number of benzene rings is 2. The van der Waals surface area contributed by atoms with Crippen LogP contribution in [0.4, 0.5) is 0 Å². The van der Waals surface area contributed by atoms with E-state index in [-0.39, 0.29) is 11.6 Å². The minimum Gasteiger partial charge on any atom is -0.497 e. The largest absolute Gasteiger partial charge is 0.497 e. The lowest BCUT2D eigenvalue weighted by Gasteiger charge is -2.16. The van der Waals surface area contributed by atoms with Crippen molar-refractivity contribution in [3.63, 3.8) is 0 Å². The van der Waals surface area contributed by atoms with E-state index in [1.54, 1.807) is 7.11 Å². The standard InChI is InChI=1S/C21H25NO7/c1-13(14-7-6-8-16(9-14)25-2)22-19(23)12-29-21(24)15-10-17(26-3)20(28-5)18(11-15)27-4/h6-11,13H,12H2,1-5H3,(H,22,23)/t13-/m0/s1. The van der Waals surface area contributed by atoms with Gasteiger partial charge in [-0.25, -0.2) is 4.79 Å². The zero-order valence-corrected chi connectivity index (χ0v) is 17.1. The third kappa shape index (κ3) is 5.54. The maximum atomic E-state index is 12.4. The molecule has 0 fully saturated rings. The van der Waals surface area contributed by atoms with Crippen molar-refractivity contribution in [1.82, 2.24) is 5.32 Å². The molecule has 0 aliphatic heterocycles. The minimum atomic E-state index is -0.687. The van der Waals surface area contributed by atoms with Gasteiger partial charge in [-0.3, -0.25) is 4.79 Å². The van der Waals surface area contributed by atoms with Crippen LogP contribution in [-0.2, 0) is 9.53 Å². The molecule has 2 aromatic rings. The van der Waals surface area contributed by atoms with E-state index in [2.05, 4.69) is 5.32 Å². The summed E-state index contributed by atoms with van der Waals surface area (Å²) in [5, 5.41) is 2.78. The average molecular weight is 403 g/mol. The maximum absolute atomic E-state index is 12.4. The van der Waals surface area contributed by atoms with Crippen LogP contribution in [-0.4, -0.2) is 46.9 Å². The first kappa shape index (κ1) is 21.9. The number of rotatable bonds is 9. The second-order valence-electron chi connectivity index (χ2n) is 6.06. The van der Waals surface area contributed by atoms with Crippen LogP contribution in [0.25, 0.3) is 0 Å². The molecule has 156 valence electrons. The summed E-state index contributed by atoms with van der Waals surface area (Å²) < 4.78 is 25.9. The number of ether oxygens (including phenoxy) is 5. The van der Waals surface area contributed by atoms with Crippen LogP contribution in [0.1, 0.15) is 28.9 Å². The van der Waals surface area contributed by atoms with Gasteiger partial charge in [0.05, 0.1) is 40.0 Å². The highest BCUT2D eigenvalue weighted by Crippen LogP contribution is 2.38. The average Bonchev–Trinajstić information content (AvgIpc) is 2.76. The summed E-state index contributed by atoms with van der Waals surface area (Å²) in [5.74, 6) is 0.563. The molecular formula is C21H25NO7. The molecule has 0 heterocycles. The van der Waals surface area contributed by atoms with E-state index in [4.69, 9.17) is 23.7 Å². The van der Waals surface area contributed by atoms with Crippen LogP contribution >= 0.6 is 0 Å². The molecule has 0 unspecified atom stereocenters. The Balaban J connectivity index is 2.00. The van der Waals surface area contributed by atoms with Crippen LogP contribution < -0.4 is 24.3 Å². The lowest BCUT2D eigenvalue weighted by atomic mass is 10.1. The van der Waals surface area contributed by atoms with Gasteiger partial charge >= 0.3 is 5.97 Å². The monoisotopic (exact) mass is 403 g/mol. The Kier molecular flexibility index (Phi) is 7.70. The first-order chi connectivity index (χ1) is 13.9. The third-order valence-corrected chi connectivity index (χ3v) is 4.21. The summed E-state index contributed by atoms with van der Waals surface area (Å²) in [6.45, 7) is 1.40. The van der Waals surface area contributed by atoms with E-state index in [0.717, 1.165) is 5.56 Å². The molecule has 8 heteroatoms. The summed E-state index contributed by atoms with van der Waals surface area (Å²) in [6.07, 6.45) is 0. The molecule has 0 saturated carbocycles. The van der Waals surface area contributed by atoms with Crippen LogP contribution in [0.5, 0.6) is 23.0 Å². The molecule has 0 aliphatic rings. The predicted octanol–water partition coefficient (Wildman–Crippen LogP) is 2.76. The quantitative estimate of drug-likeness (QED) is 0.644. The van der Waals surface area contributed by atoms with Gasteiger partial charge in [-0.1, -0.05) is 12.1 Å². The van der Waals surface area contributed by atoms with Gasteiger partial charge in [0.2, 0.25) is 5.75 Å². The molecule has 0 bridgehead atoms. The van der Waals surface area contributed by atoms with Crippen molar-refractivity contribution in [3.8, 4) is 23.0 Å². The molecule has 29 heavy (non-hydrogen) atoms. The summed E-state index contributed by atoms with van der Waals surface area (Å²) in [4.78, 5) is 24.5. The molecule has 0 radical (unpaired) electrons. The first-order valence-corrected chi connectivity index (χ1v) is 8.83. The van der Waals surface area contributed by atoms with Gasteiger partial charge in [-0.2, -0.15) is 0 Å². The fourth-order valence-electron chi connectivity index (χ4n) is 2.69. The molecule has 0 aliphatic carbocycles. The van der Waals surface area contributed by atoms with Gasteiger partial charge in [-0.05, 0) is 36.8 Å². The number of amides is 1. The Morgan fingerprint density at radius 2 is 1.59 bits per heavy atom. The van der Waals surface area contributed by atoms with E-state index in [1.165, 1.54) is 33.5 Å². The zero-order chi connectivity index (χ0) is 21.4. The molecule has 2 rings (SSSR count). The Labute approximate surface area is 169 Å². The van der Waals surface area contributed by atoms with Gasteiger partial charge in [0.15, 0.2) is 18.1 Å². The molecule has 1 amide bonds. The zero-order valence-electron chi connectivity index (χ0n) is 17.1. The van der Waals surface area contributed by atoms with Crippen molar-refractivity contribution < 1.29 is 33.3 Å². The predicted molar refractivity (Wildman–Crippen MR) is 106 cm³/mol. The molecule has 1 atom stereocenters. The second kappa shape index (κ2) is 10.2. The smallest absolute Gasteiger partial charge is 0.338 e. The van der Waals surface area contributed by atoms with E-state index >= 15 is 0 Å². The number of hydrogen-bond acceptors (Lipinski definition) is 7. The molecule has 8 nitrogen and oxygen atoms in total. The maximum Gasteiger partial charge on any atom is 0.338 e. The van der Waals surface area contributed by atoms with Gasteiger partial charge in [0, 0.05) is 0 Å². The van der Waals surface area contributed by atoms with E-state index < -0.39 is 18.5 Å². The van der Waals surface area contributed by atoms with Crippen molar-refractivity contribution in [2.75, 3.05) is 35.0 Å². The van der Waals surface area contributed by atoms with Gasteiger partial charge < -0.3 is 29.0 Å². The summed E-state index contributed by atoms with van der Waals surface area (Å²) in [6, 6.07) is 9.99. The van der Waals surface area contributed by atoms with Gasteiger partial charge in [0.1, 0.15) is 5.75 Å². The Hall–Kier alpha value is -3.42. The van der Waals surface area contributed by atoms with Gasteiger partial charge in [0.25, 0.3) is 5.91 Å². The number of esters is 1. The number of methoxy groups -OCH3 is 4. The van der Waals surface area contributed by atoms with Crippen LogP contribution in [0.2, 0.25) is 0 Å². The van der Waals surface area contributed by atoms with Crippen molar-refractivity contribution >= 4 is 11.9 Å². The Morgan fingerprint density at radius 1 is 0.931 bits per heavy atom. The first-order valence-electron chi connectivity index (χ1n) is 8.83. The lowest BCUT2D eigenvalue weighted by Crippen LogP contribution is -2.31. The lowest BCUT2D eigenvalue weighted by molar-refractivity contribution is -0.124. The molecule has 2 aromatic carbocycles. The summed E-state index contributed by atoms with van der Waals surface area (Å²) >= 11 is 0. The Bertz CT molecular complexity index is 841. The van der Waals surface area contributed by atoms with Gasteiger partial charge in [-0.15, -0.1) is 0 Å². The fourth-order valence-corrected chi connectivity index (χ4v) is 2.69. The SMILES string of the molecule is COc1cccc([C@H](C)NC(=O)COC(=O)c2cc(OC)c(OC)c(OC)c2)c1. The third-order valence-electron chi connectivity index (χ3n) is 4.21. The van der Waals surface area contributed by atoms with E-state index in [0.29, 0.717) is 23.0 Å². The summed E-state index contributed by atoms with van der Waals surface area (Å²) in [7, 11) is 5.93. The number of nitrogens with one attached hydrogen (secondary N) is 1. The highest BCUT2D eigenvalue weighted by molar-refractivity contribution is 5.92. The van der Waals surface area contributed by atoms with E-state index in [9.17, 15) is 9.59 Å². The Morgan fingerprint density at radius 3 is 2.14 bits per heavy atom. The van der Waals surface area contributed by atoms with Crippen LogP contribution in [0.15, 0.2) is 36.4 Å². The summed E-state index contributed by atoms with van der Waals surface area (Å²) in [5.41, 5.74) is 1.04. The molecule has 1 N–H and O–H groups in total. The van der Waals surface area contributed by atoms with Crippen molar-refractivity contribution in [1.29, 1.82) is 0 Å².